The maximum atomic E-state index is 12.9. The molecule has 0 amide bonds. The molecular formula is C12H15FN2O. The normalized spacial score (nSPS) is 13.9. The van der Waals surface area contributed by atoms with Gasteiger partial charge in [-0.15, -0.1) is 0 Å². The third kappa shape index (κ3) is 3.52. The number of nitrogens with two attached hydrogens (primary N) is 1. The molecule has 86 valence electrons. The van der Waals surface area contributed by atoms with Crippen LogP contribution in [0.4, 0.5) is 4.39 Å². The quantitative estimate of drug-likeness (QED) is 0.849. The number of halogens is 1. The molecule has 16 heavy (non-hydrogen) atoms. The number of ether oxygens (including phenoxy) is 1. The Morgan fingerprint density at radius 1 is 1.56 bits per heavy atom. The summed E-state index contributed by atoms with van der Waals surface area (Å²) in [5, 5.41) is 8.69. The van der Waals surface area contributed by atoms with Gasteiger partial charge in [0.05, 0.1) is 12.7 Å². The van der Waals surface area contributed by atoms with Crippen LogP contribution < -0.4 is 10.5 Å². The van der Waals surface area contributed by atoms with Crippen LogP contribution in [-0.4, -0.2) is 12.1 Å². The number of aryl methyl sites for hydroxylation is 1. The smallest absolute Gasteiger partial charge is 0.126 e. The topological polar surface area (TPSA) is 59.0 Å². The van der Waals surface area contributed by atoms with Gasteiger partial charge in [0.1, 0.15) is 17.1 Å². The first-order valence-electron chi connectivity index (χ1n) is 5.04. The lowest BCUT2D eigenvalue weighted by Crippen LogP contribution is -2.35. The average molecular weight is 222 g/mol. The summed E-state index contributed by atoms with van der Waals surface area (Å²) < 4.78 is 18.3. The predicted molar refractivity (Wildman–Crippen MR) is 59.5 cm³/mol. The molecule has 3 nitrogen and oxygen atoms in total. The lowest BCUT2D eigenvalue weighted by Gasteiger charge is -2.15. The molecule has 0 aliphatic carbocycles. The molecule has 1 unspecified atom stereocenters. The molecule has 0 spiro atoms. The van der Waals surface area contributed by atoms with Gasteiger partial charge in [-0.1, -0.05) is 0 Å². The van der Waals surface area contributed by atoms with E-state index in [-0.39, 0.29) is 5.82 Å². The van der Waals surface area contributed by atoms with Crippen molar-refractivity contribution in [3.8, 4) is 11.8 Å². The fourth-order valence-electron chi connectivity index (χ4n) is 1.14. The Hall–Kier alpha value is -1.60. The minimum Gasteiger partial charge on any atom is -0.493 e. The van der Waals surface area contributed by atoms with Crippen LogP contribution in [0.5, 0.6) is 5.75 Å². The van der Waals surface area contributed by atoms with Crippen molar-refractivity contribution in [3.63, 3.8) is 0 Å². The minimum absolute atomic E-state index is 0.256. The zero-order valence-electron chi connectivity index (χ0n) is 9.46. The molecular weight excluding hydrogens is 207 g/mol. The highest BCUT2D eigenvalue weighted by molar-refractivity contribution is 5.28. The molecule has 0 bridgehead atoms. The highest BCUT2D eigenvalue weighted by Gasteiger charge is 2.16. The Morgan fingerprint density at radius 3 is 2.81 bits per heavy atom. The minimum atomic E-state index is -0.880. The summed E-state index contributed by atoms with van der Waals surface area (Å²) in [5.41, 5.74) is 5.29. The summed E-state index contributed by atoms with van der Waals surface area (Å²) in [5.74, 6) is 0.334. The van der Waals surface area contributed by atoms with E-state index in [1.807, 2.05) is 6.07 Å². The second-order valence-electron chi connectivity index (χ2n) is 4.04. The number of rotatable bonds is 4. The van der Waals surface area contributed by atoms with Crippen molar-refractivity contribution < 1.29 is 9.13 Å². The third-order valence-corrected chi connectivity index (χ3v) is 2.27. The molecule has 2 N–H and O–H groups in total. The lowest BCUT2D eigenvalue weighted by molar-refractivity contribution is 0.285. The lowest BCUT2D eigenvalue weighted by atomic mass is 10.0. The molecule has 0 aliphatic rings. The SMILES string of the molecule is Cc1cc(OCCC(C)(N)C#N)ccc1F. The highest BCUT2D eigenvalue weighted by Crippen LogP contribution is 2.16. The largest absolute Gasteiger partial charge is 0.493 e. The monoisotopic (exact) mass is 222 g/mol. The summed E-state index contributed by atoms with van der Waals surface area (Å²) in [4.78, 5) is 0. The van der Waals surface area contributed by atoms with Gasteiger partial charge in [0, 0.05) is 6.42 Å². The average Bonchev–Trinajstić information content (AvgIpc) is 2.23. The van der Waals surface area contributed by atoms with Crippen molar-refractivity contribution in [1.29, 1.82) is 5.26 Å². The van der Waals surface area contributed by atoms with Gasteiger partial charge < -0.3 is 10.5 Å². The fraction of sp³-hybridized carbons (Fsp3) is 0.417. The van der Waals surface area contributed by atoms with Crippen LogP contribution in [0.1, 0.15) is 18.9 Å². The molecule has 1 atom stereocenters. The molecule has 1 aromatic carbocycles. The van der Waals surface area contributed by atoms with E-state index in [4.69, 9.17) is 15.7 Å². The first-order valence-corrected chi connectivity index (χ1v) is 5.04. The zero-order chi connectivity index (χ0) is 12.2. The molecule has 0 aromatic heterocycles. The van der Waals surface area contributed by atoms with Gasteiger partial charge in [-0.2, -0.15) is 5.26 Å². The van der Waals surface area contributed by atoms with Gasteiger partial charge in [0.15, 0.2) is 0 Å². The van der Waals surface area contributed by atoms with Crippen molar-refractivity contribution in [2.45, 2.75) is 25.8 Å². The van der Waals surface area contributed by atoms with Crippen molar-refractivity contribution in [1.82, 2.24) is 0 Å². The number of nitriles is 1. The molecule has 0 radical (unpaired) electrons. The van der Waals surface area contributed by atoms with E-state index >= 15 is 0 Å². The third-order valence-electron chi connectivity index (χ3n) is 2.27. The number of benzene rings is 1. The van der Waals surface area contributed by atoms with Crippen LogP contribution in [0.25, 0.3) is 0 Å². The maximum absolute atomic E-state index is 12.9. The fourth-order valence-corrected chi connectivity index (χ4v) is 1.14. The molecule has 0 saturated carbocycles. The van der Waals surface area contributed by atoms with Crippen LogP contribution in [0.15, 0.2) is 18.2 Å². The second kappa shape index (κ2) is 4.95. The van der Waals surface area contributed by atoms with Gasteiger partial charge in [-0.05, 0) is 37.6 Å². The first kappa shape index (κ1) is 12.5. The Labute approximate surface area is 94.6 Å². The van der Waals surface area contributed by atoms with E-state index in [1.54, 1.807) is 26.0 Å². The van der Waals surface area contributed by atoms with Crippen LogP contribution in [0.2, 0.25) is 0 Å². The van der Waals surface area contributed by atoms with Crippen LogP contribution >= 0.6 is 0 Å². The van der Waals surface area contributed by atoms with Gasteiger partial charge in [-0.3, -0.25) is 0 Å². The molecule has 1 aromatic rings. The first-order chi connectivity index (χ1) is 7.44. The Balaban J connectivity index is 2.50. The highest BCUT2D eigenvalue weighted by atomic mass is 19.1. The molecule has 0 heterocycles. The van der Waals surface area contributed by atoms with E-state index in [9.17, 15) is 4.39 Å². The van der Waals surface area contributed by atoms with Gasteiger partial charge in [0.2, 0.25) is 0 Å². The molecule has 4 heteroatoms. The maximum Gasteiger partial charge on any atom is 0.126 e. The van der Waals surface area contributed by atoms with Gasteiger partial charge in [-0.25, -0.2) is 4.39 Å². The molecule has 1 rings (SSSR count). The second-order valence-corrected chi connectivity index (χ2v) is 4.04. The number of nitrogens with zero attached hydrogens (tertiary/aromatic N) is 1. The van der Waals surface area contributed by atoms with Crippen LogP contribution in [0.3, 0.4) is 0 Å². The Bertz CT molecular complexity index is 410. The van der Waals surface area contributed by atoms with E-state index in [1.165, 1.54) is 6.07 Å². The van der Waals surface area contributed by atoms with E-state index in [2.05, 4.69) is 0 Å². The summed E-state index contributed by atoms with van der Waals surface area (Å²) in [7, 11) is 0. The van der Waals surface area contributed by atoms with Crippen molar-refractivity contribution >= 4 is 0 Å². The van der Waals surface area contributed by atoms with Crippen LogP contribution in [-0.2, 0) is 0 Å². The van der Waals surface area contributed by atoms with Crippen molar-refractivity contribution in [2.75, 3.05) is 6.61 Å². The standard InChI is InChI=1S/C12H15FN2O/c1-9-7-10(3-4-11(9)13)16-6-5-12(2,15)8-14/h3-4,7H,5-6,15H2,1-2H3. The molecule has 0 saturated heterocycles. The summed E-state index contributed by atoms with van der Waals surface area (Å²) in [6.45, 7) is 3.66. The van der Waals surface area contributed by atoms with E-state index in [0.29, 0.717) is 24.3 Å². The summed E-state index contributed by atoms with van der Waals surface area (Å²) in [6, 6.07) is 6.52. The zero-order valence-corrected chi connectivity index (χ0v) is 9.46. The molecule has 0 fully saturated rings. The van der Waals surface area contributed by atoms with E-state index < -0.39 is 5.54 Å². The summed E-state index contributed by atoms with van der Waals surface area (Å²) in [6.07, 6.45) is 0.430. The number of hydrogen-bond acceptors (Lipinski definition) is 3. The van der Waals surface area contributed by atoms with E-state index in [0.717, 1.165) is 0 Å². The van der Waals surface area contributed by atoms with Gasteiger partial charge >= 0.3 is 0 Å². The Kier molecular flexibility index (Phi) is 3.86. The Morgan fingerprint density at radius 2 is 2.25 bits per heavy atom. The van der Waals surface area contributed by atoms with Gasteiger partial charge in [0.25, 0.3) is 0 Å². The number of hydrogen-bond donors (Lipinski definition) is 1. The van der Waals surface area contributed by atoms with Crippen molar-refractivity contribution in [2.24, 2.45) is 5.73 Å². The van der Waals surface area contributed by atoms with Crippen LogP contribution in [0, 0.1) is 24.1 Å². The molecule has 0 aliphatic heterocycles. The summed E-state index contributed by atoms with van der Waals surface area (Å²) >= 11 is 0. The van der Waals surface area contributed by atoms with Crippen molar-refractivity contribution in [3.05, 3.63) is 29.6 Å². The predicted octanol–water partition coefficient (Wildman–Crippen LogP) is 2.14.